The molecule has 148 valence electrons. The molecule has 0 unspecified atom stereocenters. The van der Waals surface area contributed by atoms with Crippen LogP contribution in [0, 0.1) is 0 Å². The zero-order valence-corrected chi connectivity index (χ0v) is 16.5. The van der Waals surface area contributed by atoms with Gasteiger partial charge < -0.3 is 21.1 Å². The Labute approximate surface area is 169 Å². The van der Waals surface area contributed by atoms with Crippen LogP contribution in [0.25, 0.3) is 0 Å². The van der Waals surface area contributed by atoms with E-state index < -0.39 is 0 Å². The minimum absolute atomic E-state index is 0.0461. The van der Waals surface area contributed by atoms with Crippen LogP contribution in [0.2, 0.25) is 0 Å². The highest BCUT2D eigenvalue weighted by Crippen LogP contribution is 2.15. The zero-order valence-electron chi connectivity index (χ0n) is 15.7. The molecule has 0 aliphatic rings. The number of methoxy groups -OCH3 is 1. The van der Waals surface area contributed by atoms with Gasteiger partial charge in [-0.3, -0.25) is 14.9 Å². The topological polar surface area (TPSA) is 105 Å². The molecule has 0 fully saturated rings. The van der Waals surface area contributed by atoms with E-state index in [2.05, 4.69) is 16.0 Å². The molecule has 7 nitrogen and oxygen atoms in total. The van der Waals surface area contributed by atoms with Gasteiger partial charge in [0, 0.05) is 23.4 Å². The average molecular weight is 401 g/mol. The predicted molar refractivity (Wildman–Crippen MR) is 115 cm³/mol. The lowest BCUT2D eigenvalue weighted by Crippen LogP contribution is -2.34. The monoisotopic (exact) mass is 400 g/mol. The second-order valence-corrected chi connectivity index (χ2v) is 6.42. The number of thiocarbonyl (C=S) groups is 1. The van der Waals surface area contributed by atoms with Gasteiger partial charge in [0.25, 0.3) is 5.91 Å². The molecule has 2 aromatic carbocycles. The average Bonchev–Trinajstić information content (AvgIpc) is 2.69. The molecule has 0 atom stereocenters. The Balaban J connectivity index is 1.85. The second-order valence-electron chi connectivity index (χ2n) is 6.01. The Kier molecular flexibility index (Phi) is 8.38. The van der Waals surface area contributed by atoms with E-state index in [1.165, 1.54) is 7.11 Å². The summed E-state index contributed by atoms with van der Waals surface area (Å²) < 4.78 is 5.11. The Morgan fingerprint density at radius 2 is 1.71 bits per heavy atom. The largest absolute Gasteiger partial charge is 0.497 e. The van der Waals surface area contributed by atoms with E-state index in [-0.39, 0.29) is 16.9 Å². The van der Waals surface area contributed by atoms with Crippen molar-refractivity contribution in [2.75, 3.05) is 24.3 Å². The van der Waals surface area contributed by atoms with Crippen LogP contribution in [-0.4, -0.2) is 30.6 Å². The number of nitrogens with two attached hydrogens (primary N) is 1. The predicted octanol–water partition coefficient (Wildman–Crippen LogP) is 2.89. The van der Waals surface area contributed by atoms with Gasteiger partial charge in [-0.1, -0.05) is 6.07 Å². The molecule has 2 aromatic rings. The summed E-state index contributed by atoms with van der Waals surface area (Å²) >= 11 is 5.18. The molecule has 2 amide bonds. The Morgan fingerprint density at radius 3 is 2.36 bits per heavy atom. The molecule has 5 N–H and O–H groups in total. The van der Waals surface area contributed by atoms with E-state index in [0.717, 1.165) is 12.8 Å². The van der Waals surface area contributed by atoms with E-state index >= 15 is 0 Å². The van der Waals surface area contributed by atoms with Crippen molar-refractivity contribution >= 4 is 40.5 Å². The summed E-state index contributed by atoms with van der Waals surface area (Å²) in [4.78, 5) is 24.1. The number of ether oxygens (including phenoxy) is 1. The van der Waals surface area contributed by atoms with Gasteiger partial charge in [-0.2, -0.15) is 0 Å². The molecule has 0 aliphatic heterocycles. The third-order valence-electron chi connectivity index (χ3n) is 3.84. The van der Waals surface area contributed by atoms with E-state index in [0.29, 0.717) is 35.7 Å². The summed E-state index contributed by atoms with van der Waals surface area (Å²) in [5.41, 5.74) is 7.24. The lowest BCUT2D eigenvalue weighted by Gasteiger charge is -2.11. The number of carbonyl (C=O) groups is 2. The van der Waals surface area contributed by atoms with Gasteiger partial charge in [0.2, 0.25) is 5.91 Å². The van der Waals surface area contributed by atoms with E-state index in [1.54, 1.807) is 48.5 Å². The lowest BCUT2D eigenvalue weighted by molar-refractivity contribution is -0.116. The number of amides is 2. The number of hydrogen-bond acceptors (Lipinski definition) is 5. The van der Waals surface area contributed by atoms with Crippen molar-refractivity contribution in [3.05, 3.63) is 54.1 Å². The van der Waals surface area contributed by atoms with E-state index in [4.69, 9.17) is 22.7 Å². The van der Waals surface area contributed by atoms with Crippen molar-refractivity contribution in [3.63, 3.8) is 0 Å². The Morgan fingerprint density at radius 1 is 1.04 bits per heavy atom. The van der Waals surface area contributed by atoms with Crippen molar-refractivity contribution in [3.8, 4) is 5.75 Å². The van der Waals surface area contributed by atoms with Crippen LogP contribution in [0.5, 0.6) is 5.75 Å². The van der Waals surface area contributed by atoms with Crippen molar-refractivity contribution in [2.24, 2.45) is 5.73 Å². The summed E-state index contributed by atoms with van der Waals surface area (Å²) in [5.74, 6) is 0.209. The third-order valence-corrected chi connectivity index (χ3v) is 4.05. The van der Waals surface area contributed by atoms with Crippen LogP contribution in [-0.2, 0) is 4.79 Å². The fraction of sp³-hybridized carbons (Fsp3) is 0.250. The quantitative estimate of drug-likeness (QED) is 0.401. The SMILES string of the molecule is COc1cccc(C(=O)NC(=S)Nc2ccc(NC(=O)CCCCN)cc2)c1. The molecule has 0 radical (unpaired) electrons. The van der Waals surface area contributed by atoms with Gasteiger partial charge in [0.1, 0.15) is 5.75 Å². The highest BCUT2D eigenvalue weighted by atomic mass is 32.1. The first kappa shape index (κ1) is 21.3. The molecule has 0 spiro atoms. The van der Waals surface area contributed by atoms with Crippen LogP contribution >= 0.6 is 12.2 Å². The fourth-order valence-corrected chi connectivity index (χ4v) is 2.60. The van der Waals surface area contributed by atoms with Gasteiger partial charge >= 0.3 is 0 Å². The van der Waals surface area contributed by atoms with Crippen LogP contribution in [0.3, 0.4) is 0 Å². The minimum Gasteiger partial charge on any atom is -0.497 e. The zero-order chi connectivity index (χ0) is 20.4. The molecule has 0 heterocycles. The maximum Gasteiger partial charge on any atom is 0.257 e. The first-order valence-corrected chi connectivity index (χ1v) is 9.29. The standard InChI is InChI=1S/C20H24N4O3S/c1-27-17-6-4-5-14(13-17)19(26)24-20(28)23-16-10-8-15(9-11-16)22-18(25)7-2-3-12-21/h4-6,8-11,13H,2-3,7,12,21H2,1H3,(H,22,25)(H2,23,24,26,28). The number of rotatable bonds is 8. The first-order chi connectivity index (χ1) is 13.5. The molecule has 0 saturated heterocycles. The summed E-state index contributed by atoms with van der Waals surface area (Å²) in [5, 5.41) is 8.55. The Bertz CT molecular complexity index is 824. The maximum absolute atomic E-state index is 12.2. The molecule has 0 saturated carbocycles. The molecule has 0 aliphatic carbocycles. The molecule has 2 rings (SSSR count). The molecule has 28 heavy (non-hydrogen) atoms. The van der Waals surface area contributed by atoms with Crippen LogP contribution in [0.4, 0.5) is 11.4 Å². The van der Waals surface area contributed by atoms with Gasteiger partial charge in [-0.15, -0.1) is 0 Å². The van der Waals surface area contributed by atoms with Crippen molar-refractivity contribution in [1.29, 1.82) is 0 Å². The van der Waals surface area contributed by atoms with Gasteiger partial charge in [0.05, 0.1) is 7.11 Å². The summed E-state index contributed by atoms with van der Waals surface area (Å²) in [6, 6.07) is 13.8. The number of benzene rings is 2. The molecular formula is C20H24N4O3S. The van der Waals surface area contributed by atoms with Crippen molar-refractivity contribution in [1.82, 2.24) is 5.32 Å². The summed E-state index contributed by atoms with van der Waals surface area (Å²) in [6.45, 7) is 0.585. The first-order valence-electron chi connectivity index (χ1n) is 8.88. The smallest absolute Gasteiger partial charge is 0.257 e. The molecule has 8 heteroatoms. The van der Waals surface area contributed by atoms with Crippen LogP contribution in [0.1, 0.15) is 29.6 Å². The van der Waals surface area contributed by atoms with E-state index in [9.17, 15) is 9.59 Å². The normalized spacial score (nSPS) is 10.1. The highest BCUT2D eigenvalue weighted by Gasteiger charge is 2.09. The van der Waals surface area contributed by atoms with Gasteiger partial charge in [-0.05, 0) is 74.1 Å². The molecule has 0 aromatic heterocycles. The third kappa shape index (κ3) is 6.98. The van der Waals surface area contributed by atoms with Crippen molar-refractivity contribution in [2.45, 2.75) is 19.3 Å². The lowest BCUT2D eigenvalue weighted by atomic mass is 10.2. The van der Waals surface area contributed by atoms with Crippen molar-refractivity contribution < 1.29 is 14.3 Å². The number of unbranched alkanes of at least 4 members (excludes halogenated alkanes) is 1. The number of nitrogens with one attached hydrogen (secondary N) is 3. The summed E-state index contributed by atoms with van der Waals surface area (Å²) in [7, 11) is 1.54. The molecular weight excluding hydrogens is 376 g/mol. The summed E-state index contributed by atoms with van der Waals surface area (Å²) in [6.07, 6.45) is 2.04. The van der Waals surface area contributed by atoms with Crippen LogP contribution in [0.15, 0.2) is 48.5 Å². The highest BCUT2D eigenvalue weighted by molar-refractivity contribution is 7.80. The fourth-order valence-electron chi connectivity index (χ4n) is 2.39. The van der Waals surface area contributed by atoms with Gasteiger partial charge in [-0.25, -0.2) is 0 Å². The van der Waals surface area contributed by atoms with Crippen LogP contribution < -0.4 is 26.4 Å². The van der Waals surface area contributed by atoms with Gasteiger partial charge in [0.15, 0.2) is 5.11 Å². The Hall–Kier alpha value is -2.97. The number of carbonyl (C=O) groups excluding carboxylic acids is 2. The van der Waals surface area contributed by atoms with E-state index in [1.807, 2.05) is 0 Å². The maximum atomic E-state index is 12.2. The second kappa shape index (κ2) is 11.0. The number of hydrogen-bond donors (Lipinski definition) is 4. The minimum atomic E-state index is -0.335. The number of anilines is 2. The molecule has 0 bridgehead atoms.